The number of nitrogens with zero attached hydrogens (tertiary/aromatic N) is 3. The number of hydrogen-bond donors (Lipinski definition) is 6. The Hall–Kier alpha value is -6.13. The number of halogens is 1. The van der Waals surface area contributed by atoms with Crippen LogP contribution in [0.4, 0.5) is 10.1 Å². The molecule has 2 saturated heterocycles. The lowest BCUT2D eigenvalue weighted by Gasteiger charge is -2.63. The Labute approximate surface area is 512 Å². The van der Waals surface area contributed by atoms with Crippen LogP contribution in [0.15, 0.2) is 72.4 Å². The number of nitrogens with one attached hydrogen (secondary N) is 1. The summed E-state index contributed by atoms with van der Waals surface area (Å²) < 4.78 is 40.5. The third-order valence-electron chi connectivity index (χ3n) is 24.3. The molecule has 6 fully saturated rings. The Kier molecular flexibility index (Phi) is 15.0. The Balaban J connectivity index is 0.000000224. The number of allylic oxidation sites excluding steroid dienone is 4. The number of aromatic amines is 1. The standard InChI is InChI=1S/C46H56N4O10.C22H29FO5/c1-7-42(55)22-28-23-45(40(53)58-5,36-30(14-18-48(24-28)25-42)29-12-9-10-13-33(29)47-36)32-20-31-34(21-35(32)57-4)50(26-51)38-44(31)16-19-49-17-11-15-43(8-2,37(44)49)39(60-27(3)52)46(38,56)41(54)59-6;1-12-8-16-15-5-4-13-9-14(25)6-7-19(13,2)21(15,23)17(26)10-20(16,3)22(12,28)18(27)11-24/h9-13,15,20-21,26,28,37-39,47,55-56H,7-8,14,16-19,22-25H2,1-6H3;6-7,9,12,15-17,24,26,28H,4-5,8,10-11H2,1-3H3/t28-,37+,38-,39-,42+,43-,44-,45+,46+;12-,15+,16+,17+,19+,20+,21+,22+/m11/s1. The second-order valence-corrected chi connectivity index (χ2v) is 27.9. The van der Waals surface area contributed by atoms with Gasteiger partial charge in [0.25, 0.3) is 0 Å². The van der Waals surface area contributed by atoms with Gasteiger partial charge in [-0.2, -0.15) is 0 Å². The van der Waals surface area contributed by atoms with Crippen molar-refractivity contribution in [3.8, 4) is 5.75 Å². The molecule has 474 valence electrons. The molecule has 1 aromatic heterocycles. The summed E-state index contributed by atoms with van der Waals surface area (Å²) in [6.45, 7) is 12.6. The number of hydrogen-bond acceptors (Lipinski definition) is 17. The van der Waals surface area contributed by atoms with Crippen LogP contribution in [0.2, 0.25) is 0 Å². The fourth-order valence-electron chi connectivity index (χ4n) is 20.6. The number of rotatable bonds is 10. The van der Waals surface area contributed by atoms with Gasteiger partial charge in [0.1, 0.15) is 23.4 Å². The number of aromatic nitrogens is 1. The highest BCUT2D eigenvalue weighted by Gasteiger charge is 2.81. The quantitative estimate of drug-likeness (QED) is 0.0641. The molecule has 19 nitrogen and oxygen atoms in total. The van der Waals surface area contributed by atoms with Crippen LogP contribution in [0.25, 0.3) is 10.9 Å². The van der Waals surface area contributed by atoms with Crippen molar-refractivity contribution in [2.24, 2.45) is 39.9 Å². The minimum Gasteiger partial charge on any atom is -0.496 e. The van der Waals surface area contributed by atoms with Gasteiger partial charge in [-0.05, 0) is 131 Å². The molecule has 1 spiro atoms. The molecule has 0 radical (unpaired) electrons. The molecule has 18 atom stereocenters. The number of esters is 3. The fourth-order valence-corrected chi connectivity index (χ4v) is 20.6. The molecule has 5 aliphatic heterocycles. The van der Waals surface area contributed by atoms with Gasteiger partial charge >= 0.3 is 17.9 Å². The summed E-state index contributed by atoms with van der Waals surface area (Å²) in [5.74, 6) is -4.18. The summed E-state index contributed by atoms with van der Waals surface area (Å²) in [5, 5.41) is 58.2. The highest BCUT2D eigenvalue weighted by Crippen LogP contribution is 2.72. The molecular weight excluding hydrogens is 1130 g/mol. The number of alkyl halides is 1. The summed E-state index contributed by atoms with van der Waals surface area (Å²) >= 11 is 0. The van der Waals surface area contributed by atoms with Crippen LogP contribution in [0.1, 0.15) is 122 Å². The Morgan fingerprint density at radius 2 is 1.65 bits per heavy atom. The smallest absolute Gasteiger partial charge is 0.344 e. The van der Waals surface area contributed by atoms with Gasteiger partial charge < -0.3 is 54.4 Å². The zero-order chi connectivity index (χ0) is 63.3. The number of H-pyrrole nitrogens is 1. The molecular formula is C68H85FN4O15. The number of Topliss-reactive ketones (excluding diaryl/α,β-unsaturated/α-hetero) is 1. The van der Waals surface area contributed by atoms with Crippen molar-refractivity contribution in [1.29, 1.82) is 0 Å². The largest absolute Gasteiger partial charge is 0.496 e. The summed E-state index contributed by atoms with van der Waals surface area (Å²) in [6, 6.07) is 9.97. The van der Waals surface area contributed by atoms with Crippen molar-refractivity contribution >= 4 is 52.5 Å². The van der Waals surface area contributed by atoms with Crippen molar-refractivity contribution in [2.45, 2.75) is 163 Å². The van der Waals surface area contributed by atoms with Crippen molar-refractivity contribution in [3.05, 3.63) is 94.7 Å². The second-order valence-electron chi connectivity index (χ2n) is 27.9. The molecule has 2 aromatic carbocycles. The third kappa shape index (κ3) is 7.96. The molecule has 1 unspecified atom stereocenters. The molecule has 13 rings (SSSR count). The molecule has 1 amide bonds. The summed E-state index contributed by atoms with van der Waals surface area (Å²) in [7, 11) is 4.09. The number of para-hydroxylation sites is 1. The van der Waals surface area contributed by atoms with E-state index in [1.165, 1.54) is 45.3 Å². The Morgan fingerprint density at radius 3 is 2.32 bits per heavy atom. The number of anilines is 1. The van der Waals surface area contributed by atoms with E-state index >= 15 is 9.18 Å². The van der Waals surface area contributed by atoms with Crippen LogP contribution < -0.4 is 9.64 Å². The number of benzene rings is 2. The molecule has 88 heavy (non-hydrogen) atoms. The minimum absolute atomic E-state index is 0.0676. The molecule has 6 N–H and O–H groups in total. The number of ether oxygens (including phenoxy) is 4. The maximum Gasteiger partial charge on any atom is 0.344 e. The topological polar surface area (TPSA) is 266 Å². The van der Waals surface area contributed by atoms with E-state index in [-0.39, 0.29) is 30.5 Å². The number of methoxy groups -OCH3 is 3. The second kappa shape index (κ2) is 21.2. The minimum atomic E-state index is -2.53. The first-order chi connectivity index (χ1) is 41.7. The SMILES string of the molecule is CC[C@]1(O)C[C@H]2CN(CCc3c([nH]c4ccccc34)[C@@](C(=O)OC)(c3cc4c(cc3OC)N(C=O)[C@H]3[C@@](O)(C(=O)OC)[C@H](OC(C)=O)[C@]5(CC)C=CCN6CC[C@]43[C@@H]65)C2)C1.C[C@@H]1C[C@H]2[C@@H]3CCC4=CC(=O)C=C[C@]4(C)[C@@]3(F)[C@@H](O)C[C@]2(C)[C@@]1(O)C(=O)CO. The van der Waals surface area contributed by atoms with Crippen LogP contribution in [0.3, 0.4) is 0 Å². The van der Waals surface area contributed by atoms with Gasteiger partial charge in [-0.1, -0.05) is 69.7 Å². The number of ketones is 2. The van der Waals surface area contributed by atoms with E-state index in [4.69, 9.17) is 18.9 Å². The lowest BCUT2D eigenvalue weighted by molar-refractivity contribution is -0.228. The van der Waals surface area contributed by atoms with Gasteiger partial charge in [0.05, 0.1) is 44.8 Å². The number of carbonyl (C=O) groups excluding carboxylic acids is 6. The summed E-state index contributed by atoms with van der Waals surface area (Å²) in [4.78, 5) is 90.5. The first kappa shape index (κ1) is 62.1. The first-order valence-corrected chi connectivity index (χ1v) is 31.4. The van der Waals surface area contributed by atoms with E-state index in [1.54, 1.807) is 32.9 Å². The predicted molar refractivity (Wildman–Crippen MR) is 321 cm³/mol. The predicted octanol–water partition coefficient (Wildman–Crippen LogP) is 5.41. The van der Waals surface area contributed by atoms with Gasteiger partial charge in [0, 0.05) is 94.9 Å². The number of carbonyl (C=O) groups is 6. The maximum absolute atomic E-state index is 16.9. The Bertz CT molecular complexity index is 3510. The van der Waals surface area contributed by atoms with Crippen molar-refractivity contribution in [2.75, 3.05) is 65.6 Å². The normalized spacial score (nSPS) is 41.6. The van der Waals surface area contributed by atoms with E-state index in [2.05, 4.69) is 20.9 Å². The molecule has 2 bridgehead atoms. The third-order valence-corrected chi connectivity index (χ3v) is 24.3. The highest BCUT2D eigenvalue weighted by molar-refractivity contribution is 6.01. The van der Waals surface area contributed by atoms with E-state index in [9.17, 15) is 49.5 Å². The average Bonchev–Trinajstić information content (AvgIpc) is 1.44. The molecule has 6 heterocycles. The van der Waals surface area contributed by atoms with Crippen LogP contribution in [-0.2, 0) is 60.2 Å². The lowest BCUT2D eigenvalue weighted by Crippen LogP contribution is -2.81. The fraction of sp³-hybridized carbons (Fsp3) is 0.618. The van der Waals surface area contributed by atoms with Gasteiger partial charge in [-0.3, -0.25) is 33.8 Å². The number of piperidine rings is 1. The first-order valence-electron chi connectivity index (χ1n) is 31.4. The molecule has 10 aliphatic rings. The van der Waals surface area contributed by atoms with E-state index in [1.807, 2.05) is 50.3 Å². The van der Waals surface area contributed by atoms with Crippen LogP contribution in [0, 0.1) is 39.9 Å². The highest BCUT2D eigenvalue weighted by atomic mass is 19.1. The number of aliphatic hydroxyl groups is 5. The summed E-state index contributed by atoms with van der Waals surface area (Å²) in [6.07, 6.45) is 10.3. The van der Waals surface area contributed by atoms with E-state index in [0.29, 0.717) is 124 Å². The zero-order valence-electron chi connectivity index (χ0n) is 51.9. The van der Waals surface area contributed by atoms with Gasteiger partial charge in [-0.25, -0.2) is 9.18 Å². The van der Waals surface area contributed by atoms with E-state index in [0.717, 1.165) is 16.5 Å². The number of fused-ring (bicyclic) bond motifs is 11. The Morgan fingerprint density at radius 1 is 0.909 bits per heavy atom. The molecule has 3 aromatic rings. The van der Waals surface area contributed by atoms with Crippen LogP contribution in [0.5, 0.6) is 5.75 Å². The maximum atomic E-state index is 16.9. The molecule has 20 heteroatoms. The average molecular weight is 1220 g/mol. The van der Waals surface area contributed by atoms with Crippen LogP contribution >= 0.6 is 0 Å². The van der Waals surface area contributed by atoms with Gasteiger partial charge in [-0.15, -0.1) is 0 Å². The zero-order valence-corrected chi connectivity index (χ0v) is 51.9. The van der Waals surface area contributed by atoms with Crippen molar-refractivity contribution in [3.63, 3.8) is 0 Å². The number of aliphatic hydroxyl groups excluding tert-OH is 2. The van der Waals surface area contributed by atoms with Crippen LogP contribution in [-0.4, -0.2) is 184 Å². The summed E-state index contributed by atoms with van der Waals surface area (Å²) in [5.41, 5.74) is -8.32. The number of amides is 1. The lowest BCUT2D eigenvalue weighted by atomic mass is 9.44. The van der Waals surface area contributed by atoms with Gasteiger partial charge in [0.2, 0.25) is 12.0 Å². The van der Waals surface area contributed by atoms with Crippen molar-refractivity contribution in [1.82, 2.24) is 14.8 Å². The van der Waals surface area contributed by atoms with Gasteiger partial charge in [0.15, 0.2) is 23.3 Å². The molecule has 5 aliphatic carbocycles. The monoisotopic (exact) mass is 1220 g/mol. The molecule has 4 saturated carbocycles. The van der Waals surface area contributed by atoms with E-state index < -0.39 is 116 Å². The van der Waals surface area contributed by atoms with Crippen molar-refractivity contribution < 1.29 is 77.6 Å².